The molecule has 0 aromatic heterocycles. The number of carbonyl (C=O) groups excluding carboxylic acids is 1. The number of piperidine rings is 1. The number of carbonyl (C=O) groups is 1. The Kier molecular flexibility index (Phi) is 5.64. The predicted molar refractivity (Wildman–Crippen MR) is 76.0 cm³/mol. The molecule has 1 heterocycles. The van der Waals surface area contributed by atoms with Gasteiger partial charge in [-0.05, 0) is 44.7 Å². The SMILES string of the molecule is CC1CCCC(N(C)C(=O)COC2CCNCC2)C1. The largest absolute Gasteiger partial charge is 0.368 e. The van der Waals surface area contributed by atoms with Crippen LogP contribution in [0.1, 0.15) is 45.4 Å². The average molecular weight is 268 g/mol. The van der Waals surface area contributed by atoms with Crippen molar-refractivity contribution in [2.75, 3.05) is 26.7 Å². The highest BCUT2D eigenvalue weighted by Crippen LogP contribution is 2.26. The van der Waals surface area contributed by atoms with E-state index in [4.69, 9.17) is 4.74 Å². The molecule has 0 radical (unpaired) electrons. The maximum absolute atomic E-state index is 12.2. The van der Waals surface area contributed by atoms with Crippen molar-refractivity contribution < 1.29 is 9.53 Å². The van der Waals surface area contributed by atoms with Crippen molar-refractivity contribution in [3.8, 4) is 0 Å². The van der Waals surface area contributed by atoms with Crippen LogP contribution in [0.15, 0.2) is 0 Å². The first-order valence-corrected chi connectivity index (χ1v) is 7.75. The fourth-order valence-corrected chi connectivity index (χ4v) is 3.21. The van der Waals surface area contributed by atoms with Gasteiger partial charge >= 0.3 is 0 Å². The van der Waals surface area contributed by atoms with Crippen LogP contribution in [0.4, 0.5) is 0 Å². The van der Waals surface area contributed by atoms with E-state index in [0.717, 1.165) is 44.7 Å². The van der Waals surface area contributed by atoms with Gasteiger partial charge in [-0.2, -0.15) is 0 Å². The molecule has 19 heavy (non-hydrogen) atoms. The van der Waals surface area contributed by atoms with Crippen molar-refractivity contribution in [2.24, 2.45) is 5.92 Å². The number of amides is 1. The summed E-state index contributed by atoms with van der Waals surface area (Å²) in [4.78, 5) is 14.1. The van der Waals surface area contributed by atoms with E-state index in [1.165, 1.54) is 12.8 Å². The molecule has 1 saturated carbocycles. The lowest BCUT2D eigenvalue weighted by Gasteiger charge is -2.34. The second-order valence-electron chi connectivity index (χ2n) is 6.19. The summed E-state index contributed by atoms with van der Waals surface area (Å²) in [6.45, 7) is 4.56. The molecule has 1 aliphatic carbocycles. The molecule has 2 aliphatic rings. The van der Waals surface area contributed by atoms with Gasteiger partial charge in [-0.3, -0.25) is 4.79 Å². The molecule has 1 aliphatic heterocycles. The molecule has 0 spiro atoms. The van der Waals surface area contributed by atoms with Crippen molar-refractivity contribution in [3.05, 3.63) is 0 Å². The zero-order valence-electron chi connectivity index (χ0n) is 12.4. The van der Waals surface area contributed by atoms with Gasteiger partial charge in [0.15, 0.2) is 0 Å². The number of nitrogens with zero attached hydrogens (tertiary/aromatic N) is 1. The first-order valence-electron chi connectivity index (χ1n) is 7.75. The molecular formula is C15H28N2O2. The molecule has 4 nitrogen and oxygen atoms in total. The molecule has 1 amide bonds. The molecule has 4 heteroatoms. The summed E-state index contributed by atoms with van der Waals surface area (Å²) in [7, 11) is 1.94. The molecule has 0 bridgehead atoms. The summed E-state index contributed by atoms with van der Waals surface area (Å²) < 4.78 is 5.75. The monoisotopic (exact) mass is 268 g/mol. The molecule has 2 atom stereocenters. The number of nitrogens with one attached hydrogen (secondary N) is 1. The second kappa shape index (κ2) is 7.25. The average Bonchev–Trinajstić information content (AvgIpc) is 2.45. The van der Waals surface area contributed by atoms with Crippen LogP contribution in [0, 0.1) is 5.92 Å². The zero-order chi connectivity index (χ0) is 13.7. The lowest BCUT2D eigenvalue weighted by Crippen LogP contribution is -2.42. The van der Waals surface area contributed by atoms with E-state index in [9.17, 15) is 4.79 Å². The number of hydrogen-bond donors (Lipinski definition) is 1. The van der Waals surface area contributed by atoms with Crippen LogP contribution in [0.5, 0.6) is 0 Å². The summed E-state index contributed by atoms with van der Waals surface area (Å²) in [5.74, 6) is 0.900. The van der Waals surface area contributed by atoms with Crippen LogP contribution in [0.2, 0.25) is 0 Å². The number of ether oxygens (including phenoxy) is 1. The number of likely N-dealkylation sites (N-methyl/N-ethyl adjacent to an activating group) is 1. The smallest absolute Gasteiger partial charge is 0.248 e. The third-order valence-electron chi connectivity index (χ3n) is 4.58. The fourth-order valence-electron chi connectivity index (χ4n) is 3.21. The maximum atomic E-state index is 12.2. The van der Waals surface area contributed by atoms with Gasteiger partial charge in [0, 0.05) is 13.1 Å². The topological polar surface area (TPSA) is 41.6 Å². The van der Waals surface area contributed by atoms with Gasteiger partial charge in [0.05, 0.1) is 6.10 Å². The Labute approximate surface area is 116 Å². The Morgan fingerprint density at radius 3 is 2.68 bits per heavy atom. The summed E-state index contributed by atoms with van der Waals surface area (Å²) in [5, 5.41) is 3.31. The quantitative estimate of drug-likeness (QED) is 0.845. The Bertz CT molecular complexity index is 290. The van der Waals surface area contributed by atoms with Crippen molar-refractivity contribution in [1.29, 1.82) is 0 Å². The van der Waals surface area contributed by atoms with E-state index >= 15 is 0 Å². The maximum Gasteiger partial charge on any atom is 0.248 e. The van der Waals surface area contributed by atoms with Gasteiger partial charge < -0.3 is 15.0 Å². The third-order valence-corrected chi connectivity index (χ3v) is 4.58. The van der Waals surface area contributed by atoms with Gasteiger partial charge in [-0.15, -0.1) is 0 Å². The highest BCUT2D eigenvalue weighted by Gasteiger charge is 2.26. The number of rotatable bonds is 4. The summed E-state index contributed by atoms with van der Waals surface area (Å²) >= 11 is 0. The van der Waals surface area contributed by atoms with Gasteiger partial charge in [0.1, 0.15) is 6.61 Å². The molecular weight excluding hydrogens is 240 g/mol. The molecule has 0 aromatic carbocycles. The van der Waals surface area contributed by atoms with E-state index in [-0.39, 0.29) is 18.6 Å². The van der Waals surface area contributed by atoms with Crippen molar-refractivity contribution in [2.45, 2.75) is 57.6 Å². The Balaban J connectivity index is 1.72. The molecule has 110 valence electrons. The summed E-state index contributed by atoms with van der Waals surface area (Å²) in [5.41, 5.74) is 0. The Hall–Kier alpha value is -0.610. The second-order valence-corrected chi connectivity index (χ2v) is 6.19. The van der Waals surface area contributed by atoms with E-state index in [1.807, 2.05) is 11.9 Å². The molecule has 2 rings (SSSR count). The highest BCUT2D eigenvalue weighted by atomic mass is 16.5. The molecule has 2 unspecified atom stereocenters. The van der Waals surface area contributed by atoms with Crippen molar-refractivity contribution in [1.82, 2.24) is 10.2 Å². The van der Waals surface area contributed by atoms with Crippen LogP contribution in [0.25, 0.3) is 0 Å². The van der Waals surface area contributed by atoms with E-state index in [1.54, 1.807) is 0 Å². The normalized spacial score (nSPS) is 29.2. The summed E-state index contributed by atoms with van der Waals surface area (Å²) in [6, 6.07) is 0.424. The minimum Gasteiger partial charge on any atom is -0.368 e. The Morgan fingerprint density at radius 2 is 2.00 bits per heavy atom. The van der Waals surface area contributed by atoms with E-state index < -0.39 is 0 Å². The van der Waals surface area contributed by atoms with Crippen LogP contribution in [0.3, 0.4) is 0 Å². The van der Waals surface area contributed by atoms with E-state index in [0.29, 0.717) is 6.04 Å². The Morgan fingerprint density at radius 1 is 1.26 bits per heavy atom. The van der Waals surface area contributed by atoms with Gasteiger partial charge in [-0.25, -0.2) is 0 Å². The predicted octanol–water partition coefficient (Wildman–Crippen LogP) is 1.79. The first-order chi connectivity index (χ1) is 9.16. The fraction of sp³-hybridized carbons (Fsp3) is 0.933. The van der Waals surface area contributed by atoms with Gasteiger partial charge in [0.2, 0.25) is 5.91 Å². The van der Waals surface area contributed by atoms with Crippen molar-refractivity contribution >= 4 is 5.91 Å². The molecule has 1 N–H and O–H groups in total. The minimum absolute atomic E-state index is 0.151. The zero-order valence-corrected chi connectivity index (χ0v) is 12.4. The first kappa shape index (κ1) is 14.8. The van der Waals surface area contributed by atoms with E-state index in [2.05, 4.69) is 12.2 Å². The molecule has 2 fully saturated rings. The van der Waals surface area contributed by atoms with Gasteiger partial charge in [-0.1, -0.05) is 19.8 Å². The van der Waals surface area contributed by atoms with Gasteiger partial charge in [0.25, 0.3) is 0 Å². The van der Waals surface area contributed by atoms with Crippen LogP contribution in [-0.2, 0) is 9.53 Å². The van der Waals surface area contributed by atoms with Crippen LogP contribution < -0.4 is 5.32 Å². The number of hydrogen-bond acceptors (Lipinski definition) is 3. The van der Waals surface area contributed by atoms with Crippen molar-refractivity contribution in [3.63, 3.8) is 0 Å². The summed E-state index contributed by atoms with van der Waals surface area (Å²) in [6.07, 6.45) is 7.18. The third kappa shape index (κ3) is 4.46. The van der Waals surface area contributed by atoms with Crippen LogP contribution in [-0.4, -0.2) is 49.7 Å². The lowest BCUT2D eigenvalue weighted by atomic mass is 9.86. The molecule has 0 aromatic rings. The lowest BCUT2D eigenvalue weighted by molar-refractivity contribution is -0.140. The van der Waals surface area contributed by atoms with Crippen LogP contribution >= 0.6 is 0 Å². The standard InChI is InChI=1S/C15H28N2O2/c1-12-4-3-5-13(10-12)17(2)15(18)11-19-14-6-8-16-9-7-14/h12-14,16H,3-11H2,1-2H3. The minimum atomic E-state index is 0.151. The highest BCUT2D eigenvalue weighted by molar-refractivity contribution is 5.77. The molecule has 1 saturated heterocycles.